The molecule has 0 aliphatic rings. The molecule has 2 aromatic heterocycles. The highest BCUT2D eigenvalue weighted by Crippen LogP contribution is 2.34. The number of hydrogen-bond donors (Lipinski definition) is 1. The molecule has 0 radical (unpaired) electrons. The normalized spacial score (nSPS) is 10.7. The van der Waals surface area contributed by atoms with Crippen molar-refractivity contribution >= 4 is 0 Å². The zero-order chi connectivity index (χ0) is 16.4. The Balaban J connectivity index is 1.89. The van der Waals surface area contributed by atoms with Crippen LogP contribution in [0.2, 0.25) is 0 Å². The van der Waals surface area contributed by atoms with Gasteiger partial charge in [-0.2, -0.15) is 10.2 Å². The lowest BCUT2D eigenvalue weighted by atomic mass is 10.1. The Morgan fingerprint density at radius 1 is 0.792 bits per heavy atom. The minimum atomic E-state index is -0.247. The van der Waals surface area contributed by atoms with Crippen LogP contribution in [0.15, 0.2) is 79.0 Å². The summed E-state index contributed by atoms with van der Waals surface area (Å²) in [7, 11) is 0. The second kappa shape index (κ2) is 6.08. The number of rotatable bonds is 3. The molecule has 1 N–H and O–H groups in total. The van der Waals surface area contributed by atoms with E-state index < -0.39 is 0 Å². The Morgan fingerprint density at radius 2 is 1.58 bits per heavy atom. The minimum Gasteiger partial charge on any atom is -0.354 e. The number of aromatic amines is 1. The van der Waals surface area contributed by atoms with E-state index in [0.717, 1.165) is 33.8 Å². The van der Waals surface area contributed by atoms with Gasteiger partial charge in [-0.3, -0.25) is 0 Å². The van der Waals surface area contributed by atoms with E-state index in [1.54, 1.807) is 18.3 Å². The fraction of sp³-hybridized carbons (Fsp3) is 0. The molecule has 3 nitrogen and oxygen atoms in total. The van der Waals surface area contributed by atoms with E-state index in [9.17, 15) is 4.39 Å². The molecule has 2 aromatic carbocycles. The smallest absolute Gasteiger partial charge is 0.123 e. The topological polar surface area (TPSA) is 41.6 Å². The molecule has 0 atom stereocenters. The Kier molecular flexibility index (Phi) is 3.63. The molecule has 116 valence electrons. The monoisotopic (exact) mass is 315 g/mol. The van der Waals surface area contributed by atoms with Gasteiger partial charge in [-0.15, -0.1) is 0 Å². The van der Waals surface area contributed by atoms with Gasteiger partial charge < -0.3 is 4.98 Å². The number of halogens is 1. The minimum absolute atomic E-state index is 0.247. The van der Waals surface area contributed by atoms with Gasteiger partial charge in [-0.1, -0.05) is 30.3 Å². The Bertz CT molecular complexity index is 888. The first-order valence-electron chi connectivity index (χ1n) is 7.64. The SMILES string of the molecule is Fc1ccc(-c2cc(-c3cccnn3)c(-c3ccccc3)[nH]2)cc1. The van der Waals surface area contributed by atoms with E-state index >= 15 is 0 Å². The quantitative estimate of drug-likeness (QED) is 0.581. The van der Waals surface area contributed by atoms with E-state index in [1.165, 1.54) is 12.1 Å². The van der Waals surface area contributed by atoms with Gasteiger partial charge >= 0.3 is 0 Å². The van der Waals surface area contributed by atoms with E-state index in [-0.39, 0.29) is 5.82 Å². The number of aromatic nitrogens is 3. The van der Waals surface area contributed by atoms with Gasteiger partial charge in [0.25, 0.3) is 0 Å². The van der Waals surface area contributed by atoms with E-state index in [1.807, 2.05) is 48.5 Å². The van der Waals surface area contributed by atoms with Gasteiger partial charge in [-0.25, -0.2) is 4.39 Å². The summed E-state index contributed by atoms with van der Waals surface area (Å²) >= 11 is 0. The molecule has 0 bridgehead atoms. The van der Waals surface area contributed by atoms with Crippen molar-refractivity contribution in [2.75, 3.05) is 0 Å². The van der Waals surface area contributed by atoms with Gasteiger partial charge in [0, 0.05) is 17.5 Å². The third kappa shape index (κ3) is 2.70. The lowest BCUT2D eigenvalue weighted by Crippen LogP contribution is -1.87. The maximum atomic E-state index is 13.2. The summed E-state index contributed by atoms with van der Waals surface area (Å²) in [5.74, 6) is -0.247. The maximum absolute atomic E-state index is 13.2. The number of nitrogens with zero attached hydrogens (tertiary/aromatic N) is 2. The van der Waals surface area contributed by atoms with Crippen molar-refractivity contribution in [1.29, 1.82) is 0 Å². The van der Waals surface area contributed by atoms with Crippen LogP contribution in [0.3, 0.4) is 0 Å². The van der Waals surface area contributed by atoms with Crippen LogP contribution < -0.4 is 0 Å². The van der Waals surface area contributed by atoms with E-state index in [0.29, 0.717) is 0 Å². The molecule has 0 saturated heterocycles. The first-order valence-corrected chi connectivity index (χ1v) is 7.64. The summed E-state index contributed by atoms with van der Waals surface area (Å²) in [4.78, 5) is 3.44. The summed E-state index contributed by atoms with van der Waals surface area (Å²) < 4.78 is 13.2. The van der Waals surface area contributed by atoms with Crippen molar-refractivity contribution in [3.8, 4) is 33.8 Å². The van der Waals surface area contributed by atoms with E-state index in [2.05, 4.69) is 15.2 Å². The van der Waals surface area contributed by atoms with Gasteiger partial charge in [0.2, 0.25) is 0 Å². The Labute approximate surface area is 138 Å². The fourth-order valence-corrected chi connectivity index (χ4v) is 2.72. The third-order valence-corrected chi connectivity index (χ3v) is 3.88. The number of hydrogen-bond acceptors (Lipinski definition) is 2. The van der Waals surface area contributed by atoms with Crippen LogP contribution in [0.25, 0.3) is 33.8 Å². The van der Waals surface area contributed by atoms with Gasteiger partial charge in [0.15, 0.2) is 0 Å². The molecular formula is C20H14FN3. The highest BCUT2D eigenvalue weighted by molar-refractivity contribution is 5.84. The highest BCUT2D eigenvalue weighted by Gasteiger charge is 2.14. The van der Waals surface area contributed by atoms with Crippen LogP contribution in [0, 0.1) is 5.82 Å². The molecule has 4 heteroatoms. The average Bonchev–Trinajstić information content (AvgIpc) is 3.09. The molecule has 0 fully saturated rings. The number of nitrogens with one attached hydrogen (secondary N) is 1. The molecule has 0 aliphatic carbocycles. The first-order chi connectivity index (χ1) is 11.8. The molecule has 4 rings (SSSR count). The predicted molar refractivity (Wildman–Crippen MR) is 92.6 cm³/mol. The molecule has 24 heavy (non-hydrogen) atoms. The second-order valence-corrected chi connectivity index (χ2v) is 5.45. The van der Waals surface area contributed by atoms with Gasteiger partial charge in [-0.05, 0) is 53.6 Å². The van der Waals surface area contributed by atoms with Crippen molar-refractivity contribution in [2.24, 2.45) is 0 Å². The predicted octanol–water partition coefficient (Wildman–Crippen LogP) is 4.94. The highest BCUT2D eigenvalue weighted by atomic mass is 19.1. The largest absolute Gasteiger partial charge is 0.354 e. The third-order valence-electron chi connectivity index (χ3n) is 3.88. The van der Waals surface area contributed by atoms with Gasteiger partial charge in [0.05, 0.1) is 11.4 Å². The Hall–Kier alpha value is -3.27. The maximum Gasteiger partial charge on any atom is 0.123 e. The molecule has 2 heterocycles. The lowest BCUT2D eigenvalue weighted by molar-refractivity contribution is 0.628. The number of H-pyrrole nitrogens is 1. The van der Waals surface area contributed by atoms with Crippen molar-refractivity contribution in [2.45, 2.75) is 0 Å². The summed E-state index contributed by atoms with van der Waals surface area (Å²) in [5.41, 5.74) is 5.62. The fourth-order valence-electron chi connectivity index (χ4n) is 2.72. The molecule has 0 spiro atoms. The van der Waals surface area contributed by atoms with Crippen molar-refractivity contribution in [1.82, 2.24) is 15.2 Å². The van der Waals surface area contributed by atoms with Crippen LogP contribution >= 0.6 is 0 Å². The summed E-state index contributed by atoms with van der Waals surface area (Å²) in [5, 5.41) is 8.20. The van der Waals surface area contributed by atoms with Crippen LogP contribution in [0.1, 0.15) is 0 Å². The summed E-state index contributed by atoms with van der Waals surface area (Å²) in [6.07, 6.45) is 1.65. The molecule has 0 unspecified atom stereocenters. The summed E-state index contributed by atoms with van der Waals surface area (Å²) in [6.45, 7) is 0. The van der Waals surface area contributed by atoms with Crippen LogP contribution in [-0.4, -0.2) is 15.2 Å². The average molecular weight is 315 g/mol. The van der Waals surface area contributed by atoms with Crippen molar-refractivity contribution in [3.63, 3.8) is 0 Å². The zero-order valence-corrected chi connectivity index (χ0v) is 12.8. The second-order valence-electron chi connectivity index (χ2n) is 5.45. The molecular weight excluding hydrogens is 301 g/mol. The first kappa shape index (κ1) is 14.3. The Morgan fingerprint density at radius 3 is 2.29 bits per heavy atom. The lowest BCUT2D eigenvalue weighted by Gasteiger charge is -2.03. The standard InChI is InChI=1S/C20H14FN3/c21-16-10-8-14(9-11-16)19-13-17(18-7-4-12-22-24-18)20(23-19)15-5-2-1-3-6-15/h1-13,23H. The molecule has 0 aliphatic heterocycles. The van der Waals surface area contributed by atoms with Crippen LogP contribution in [-0.2, 0) is 0 Å². The van der Waals surface area contributed by atoms with Gasteiger partial charge in [0.1, 0.15) is 5.82 Å². The van der Waals surface area contributed by atoms with E-state index in [4.69, 9.17) is 0 Å². The molecule has 4 aromatic rings. The molecule has 0 saturated carbocycles. The molecule has 0 amide bonds. The van der Waals surface area contributed by atoms with Crippen molar-refractivity contribution in [3.05, 3.63) is 84.8 Å². The van der Waals surface area contributed by atoms with Crippen molar-refractivity contribution < 1.29 is 4.39 Å². The van der Waals surface area contributed by atoms with Crippen LogP contribution in [0.5, 0.6) is 0 Å². The van der Waals surface area contributed by atoms with Crippen LogP contribution in [0.4, 0.5) is 4.39 Å². The zero-order valence-electron chi connectivity index (χ0n) is 12.8. The number of benzene rings is 2. The summed E-state index contributed by atoms with van der Waals surface area (Å²) in [6, 6.07) is 22.3.